The van der Waals surface area contributed by atoms with Gasteiger partial charge in [-0.2, -0.15) is 11.8 Å². The Labute approximate surface area is 124 Å². The van der Waals surface area contributed by atoms with E-state index in [1.54, 1.807) is 11.8 Å². The third-order valence-corrected chi connectivity index (χ3v) is 3.84. The van der Waals surface area contributed by atoms with Gasteiger partial charge >= 0.3 is 0 Å². The SMILES string of the molecule is CSCC(C)CNC(=O)Cc1ccc(C(N)=S)cc1. The van der Waals surface area contributed by atoms with Crippen molar-refractivity contribution in [1.29, 1.82) is 0 Å². The molecule has 1 atom stereocenters. The second-order valence-electron chi connectivity index (χ2n) is 4.60. The number of nitrogens with one attached hydrogen (secondary N) is 1. The van der Waals surface area contributed by atoms with E-state index in [0.717, 1.165) is 23.4 Å². The maximum absolute atomic E-state index is 11.8. The lowest BCUT2D eigenvalue weighted by Crippen LogP contribution is -2.30. The number of amides is 1. The summed E-state index contributed by atoms with van der Waals surface area (Å²) in [6.45, 7) is 2.86. The summed E-state index contributed by atoms with van der Waals surface area (Å²) >= 11 is 6.68. The molecule has 0 radical (unpaired) electrons. The zero-order valence-electron chi connectivity index (χ0n) is 11.3. The first-order chi connectivity index (χ1) is 9.02. The lowest BCUT2D eigenvalue weighted by molar-refractivity contribution is -0.120. The zero-order chi connectivity index (χ0) is 14.3. The van der Waals surface area contributed by atoms with Crippen molar-refractivity contribution in [2.75, 3.05) is 18.6 Å². The van der Waals surface area contributed by atoms with Crippen LogP contribution in [0.3, 0.4) is 0 Å². The smallest absolute Gasteiger partial charge is 0.224 e. The minimum Gasteiger partial charge on any atom is -0.389 e. The second-order valence-corrected chi connectivity index (χ2v) is 5.95. The lowest BCUT2D eigenvalue weighted by atomic mass is 10.1. The third-order valence-electron chi connectivity index (χ3n) is 2.70. The van der Waals surface area contributed by atoms with Crippen molar-refractivity contribution >= 4 is 34.9 Å². The van der Waals surface area contributed by atoms with Crippen molar-refractivity contribution in [2.24, 2.45) is 11.7 Å². The molecule has 0 spiro atoms. The predicted molar refractivity (Wildman–Crippen MR) is 86.6 cm³/mol. The summed E-state index contributed by atoms with van der Waals surface area (Å²) in [4.78, 5) is 12.1. The van der Waals surface area contributed by atoms with Crippen molar-refractivity contribution in [3.05, 3.63) is 35.4 Å². The Kier molecular flexibility index (Phi) is 6.87. The number of carbonyl (C=O) groups is 1. The van der Waals surface area contributed by atoms with Crippen molar-refractivity contribution in [2.45, 2.75) is 13.3 Å². The molecule has 1 amide bonds. The number of hydrogen-bond donors (Lipinski definition) is 2. The van der Waals surface area contributed by atoms with Gasteiger partial charge in [-0.15, -0.1) is 0 Å². The first-order valence-electron chi connectivity index (χ1n) is 6.17. The van der Waals surface area contributed by atoms with Crippen LogP contribution in [0.25, 0.3) is 0 Å². The fourth-order valence-electron chi connectivity index (χ4n) is 1.67. The molecule has 3 N–H and O–H groups in total. The molecule has 0 saturated carbocycles. The number of thiocarbonyl (C=S) groups is 1. The van der Waals surface area contributed by atoms with E-state index in [1.165, 1.54) is 0 Å². The van der Waals surface area contributed by atoms with Gasteiger partial charge in [0.05, 0.1) is 6.42 Å². The van der Waals surface area contributed by atoms with Crippen LogP contribution in [0.1, 0.15) is 18.1 Å². The Balaban J connectivity index is 2.42. The van der Waals surface area contributed by atoms with Gasteiger partial charge in [0.1, 0.15) is 4.99 Å². The molecule has 0 heterocycles. The van der Waals surface area contributed by atoms with E-state index in [1.807, 2.05) is 24.3 Å². The van der Waals surface area contributed by atoms with Crippen LogP contribution in [0.5, 0.6) is 0 Å². The number of rotatable bonds is 7. The van der Waals surface area contributed by atoms with E-state index in [2.05, 4.69) is 18.5 Å². The molecule has 1 unspecified atom stereocenters. The summed E-state index contributed by atoms with van der Waals surface area (Å²) in [7, 11) is 0. The van der Waals surface area contributed by atoms with Gasteiger partial charge in [0.15, 0.2) is 0 Å². The molecule has 1 aromatic carbocycles. The van der Waals surface area contributed by atoms with Crippen molar-refractivity contribution < 1.29 is 4.79 Å². The van der Waals surface area contributed by atoms with Gasteiger partial charge in [-0.3, -0.25) is 4.79 Å². The van der Waals surface area contributed by atoms with Crippen molar-refractivity contribution in [3.63, 3.8) is 0 Å². The Morgan fingerprint density at radius 2 is 2.05 bits per heavy atom. The van der Waals surface area contributed by atoms with Crippen LogP contribution >= 0.6 is 24.0 Å². The van der Waals surface area contributed by atoms with Crippen LogP contribution in [-0.2, 0) is 11.2 Å². The van der Waals surface area contributed by atoms with E-state index in [-0.39, 0.29) is 5.91 Å². The van der Waals surface area contributed by atoms with Crippen LogP contribution < -0.4 is 11.1 Å². The lowest BCUT2D eigenvalue weighted by Gasteiger charge is -2.11. The molecular weight excluding hydrogens is 276 g/mol. The molecule has 19 heavy (non-hydrogen) atoms. The average Bonchev–Trinajstić information content (AvgIpc) is 2.37. The van der Waals surface area contributed by atoms with E-state index < -0.39 is 0 Å². The molecule has 0 bridgehead atoms. The second kappa shape index (κ2) is 8.17. The molecule has 0 aliphatic heterocycles. The van der Waals surface area contributed by atoms with Crippen LogP contribution in [0, 0.1) is 5.92 Å². The highest BCUT2D eigenvalue weighted by atomic mass is 32.2. The van der Waals surface area contributed by atoms with Crippen LogP contribution in [-0.4, -0.2) is 29.4 Å². The summed E-state index contributed by atoms with van der Waals surface area (Å²) < 4.78 is 0. The molecule has 0 saturated heterocycles. The third kappa shape index (κ3) is 6.07. The minimum absolute atomic E-state index is 0.0519. The molecule has 0 aliphatic carbocycles. The number of nitrogens with two attached hydrogens (primary N) is 1. The number of benzene rings is 1. The molecule has 0 aliphatic rings. The normalized spacial score (nSPS) is 11.9. The maximum atomic E-state index is 11.8. The van der Waals surface area contributed by atoms with Crippen LogP contribution in [0.15, 0.2) is 24.3 Å². The van der Waals surface area contributed by atoms with E-state index >= 15 is 0 Å². The molecule has 3 nitrogen and oxygen atoms in total. The minimum atomic E-state index is 0.0519. The first kappa shape index (κ1) is 16.0. The quantitative estimate of drug-likeness (QED) is 0.756. The number of carbonyl (C=O) groups excluding carboxylic acids is 1. The van der Waals surface area contributed by atoms with Crippen LogP contribution in [0.2, 0.25) is 0 Å². The molecule has 0 fully saturated rings. The molecule has 1 rings (SSSR count). The standard InChI is InChI=1S/C14H20N2OS2/c1-10(9-19-2)8-16-13(17)7-11-3-5-12(6-4-11)14(15)18/h3-6,10H,7-9H2,1-2H3,(H2,15,18)(H,16,17). The Morgan fingerprint density at radius 3 is 2.58 bits per heavy atom. The summed E-state index contributed by atoms with van der Waals surface area (Å²) in [5.41, 5.74) is 7.32. The van der Waals surface area contributed by atoms with E-state index in [9.17, 15) is 4.79 Å². The highest BCUT2D eigenvalue weighted by Crippen LogP contribution is 2.06. The zero-order valence-corrected chi connectivity index (χ0v) is 12.9. The molecular formula is C14H20N2OS2. The fourth-order valence-corrected chi connectivity index (χ4v) is 2.49. The van der Waals surface area contributed by atoms with Gasteiger partial charge in [-0.25, -0.2) is 0 Å². The van der Waals surface area contributed by atoms with Gasteiger partial charge in [0.2, 0.25) is 5.91 Å². The Morgan fingerprint density at radius 1 is 1.42 bits per heavy atom. The molecule has 5 heteroatoms. The Hall–Kier alpha value is -1.07. The van der Waals surface area contributed by atoms with Gasteiger partial charge in [0, 0.05) is 12.1 Å². The molecule has 1 aromatic rings. The number of thioether (sulfide) groups is 1. The highest BCUT2D eigenvalue weighted by Gasteiger charge is 2.06. The van der Waals surface area contributed by atoms with E-state index in [4.69, 9.17) is 18.0 Å². The summed E-state index contributed by atoms with van der Waals surface area (Å²) in [5.74, 6) is 1.61. The first-order valence-corrected chi connectivity index (χ1v) is 7.97. The maximum Gasteiger partial charge on any atom is 0.224 e. The van der Waals surface area contributed by atoms with Gasteiger partial charge in [-0.05, 0) is 23.5 Å². The largest absolute Gasteiger partial charge is 0.389 e. The predicted octanol–water partition coefficient (Wildman–Crippen LogP) is 1.98. The highest BCUT2D eigenvalue weighted by molar-refractivity contribution is 7.98. The van der Waals surface area contributed by atoms with Crippen molar-refractivity contribution in [3.8, 4) is 0 Å². The fraction of sp³-hybridized carbons (Fsp3) is 0.429. The summed E-state index contributed by atoms with van der Waals surface area (Å²) in [5, 5.41) is 2.95. The monoisotopic (exact) mass is 296 g/mol. The van der Waals surface area contributed by atoms with Gasteiger partial charge in [0.25, 0.3) is 0 Å². The molecule has 0 aromatic heterocycles. The van der Waals surface area contributed by atoms with Crippen LogP contribution in [0.4, 0.5) is 0 Å². The van der Waals surface area contributed by atoms with Gasteiger partial charge < -0.3 is 11.1 Å². The average molecular weight is 296 g/mol. The molecule has 104 valence electrons. The number of hydrogen-bond acceptors (Lipinski definition) is 3. The van der Waals surface area contributed by atoms with Crippen molar-refractivity contribution in [1.82, 2.24) is 5.32 Å². The topological polar surface area (TPSA) is 55.1 Å². The van der Waals surface area contributed by atoms with Gasteiger partial charge in [-0.1, -0.05) is 43.4 Å². The Bertz CT molecular complexity index is 432. The summed E-state index contributed by atoms with van der Waals surface area (Å²) in [6.07, 6.45) is 2.46. The van der Waals surface area contributed by atoms with E-state index in [0.29, 0.717) is 17.3 Å². The summed E-state index contributed by atoms with van der Waals surface area (Å²) in [6, 6.07) is 7.47.